The molecule has 2 bridgehead atoms. The fraction of sp³-hybridized carbons (Fsp3) is 0.821. The predicted octanol–water partition coefficient (Wildman–Crippen LogP) is 4.27. The molecule has 6 heteroatoms. The molecule has 0 radical (unpaired) electrons. The summed E-state index contributed by atoms with van der Waals surface area (Å²) in [5, 5.41) is 2.64. The molecule has 3 rings (SSSR count). The quantitative estimate of drug-likeness (QED) is 0.442. The van der Waals surface area contributed by atoms with Crippen LogP contribution in [0.15, 0.2) is 12.7 Å². The molecule has 34 heavy (non-hydrogen) atoms. The van der Waals surface area contributed by atoms with Gasteiger partial charge in [-0.05, 0) is 60.2 Å². The number of hydrogen-bond acceptors (Lipinski definition) is 5. The van der Waals surface area contributed by atoms with Crippen molar-refractivity contribution in [2.45, 2.75) is 92.7 Å². The molecule has 0 aromatic rings. The van der Waals surface area contributed by atoms with Crippen LogP contribution in [0.3, 0.4) is 0 Å². The number of nitrogens with one attached hydrogen (secondary N) is 1. The van der Waals surface area contributed by atoms with E-state index >= 15 is 0 Å². The Morgan fingerprint density at radius 2 is 1.85 bits per heavy atom. The predicted molar refractivity (Wildman–Crippen MR) is 134 cm³/mol. The van der Waals surface area contributed by atoms with Gasteiger partial charge in [0, 0.05) is 17.8 Å². The Balaban J connectivity index is 1.96. The van der Waals surface area contributed by atoms with Crippen molar-refractivity contribution >= 4 is 17.7 Å². The summed E-state index contributed by atoms with van der Waals surface area (Å²) in [7, 11) is 0. The minimum atomic E-state index is -0.673. The zero-order valence-electron chi connectivity index (χ0n) is 22.3. The van der Waals surface area contributed by atoms with Gasteiger partial charge in [0.1, 0.15) is 18.4 Å². The molecule has 9 atom stereocenters. The number of rotatable bonds is 6. The van der Waals surface area contributed by atoms with Crippen LogP contribution in [0.2, 0.25) is 0 Å². The maximum atomic E-state index is 13.5. The summed E-state index contributed by atoms with van der Waals surface area (Å²) in [5.41, 5.74) is 5.15. The number of allylic oxidation sites excluding steroid dienone is 1. The zero-order chi connectivity index (χ0) is 25.6. The number of esters is 1. The summed E-state index contributed by atoms with van der Waals surface area (Å²) in [6.45, 7) is 18.9. The van der Waals surface area contributed by atoms with Crippen molar-refractivity contribution in [2.75, 3.05) is 6.54 Å². The molecule has 3 saturated carbocycles. The van der Waals surface area contributed by atoms with Crippen molar-refractivity contribution in [2.24, 2.45) is 51.6 Å². The molecule has 0 heterocycles. The molecule has 3 aliphatic rings. The van der Waals surface area contributed by atoms with E-state index in [2.05, 4.69) is 46.5 Å². The SMILES string of the molecule is C=C[C@]1(C)C[C@@H](OC(=O)CNC(=O)C(N)C(C)C)[C@]2(C)[C@H](C)CC[C@]3(CCC(=O)[C@H]32)[C@@H](C)C1C. The normalized spacial score (nSPS) is 42.9. The smallest absolute Gasteiger partial charge is 0.325 e. The molecule has 0 spiro atoms. The van der Waals surface area contributed by atoms with Gasteiger partial charge in [0.15, 0.2) is 0 Å². The molecule has 6 nitrogen and oxygen atoms in total. The van der Waals surface area contributed by atoms with Crippen molar-refractivity contribution in [1.29, 1.82) is 0 Å². The van der Waals surface area contributed by atoms with Gasteiger partial charge < -0.3 is 15.8 Å². The van der Waals surface area contributed by atoms with Crippen LogP contribution in [-0.4, -0.2) is 36.4 Å². The van der Waals surface area contributed by atoms with E-state index in [9.17, 15) is 14.4 Å². The van der Waals surface area contributed by atoms with Crippen molar-refractivity contribution < 1.29 is 19.1 Å². The maximum Gasteiger partial charge on any atom is 0.325 e. The fourth-order valence-corrected chi connectivity index (χ4v) is 7.60. The van der Waals surface area contributed by atoms with Crippen LogP contribution in [0.1, 0.15) is 80.6 Å². The van der Waals surface area contributed by atoms with Crippen LogP contribution in [-0.2, 0) is 19.1 Å². The number of ether oxygens (including phenoxy) is 1. The van der Waals surface area contributed by atoms with Gasteiger partial charge >= 0.3 is 5.97 Å². The number of hydrogen-bond donors (Lipinski definition) is 2. The van der Waals surface area contributed by atoms with Crippen LogP contribution in [0.25, 0.3) is 0 Å². The minimum absolute atomic E-state index is 0.0260. The number of carbonyl (C=O) groups excluding carboxylic acids is 3. The van der Waals surface area contributed by atoms with E-state index in [1.54, 1.807) is 0 Å². The van der Waals surface area contributed by atoms with Crippen LogP contribution < -0.4 is 11.1 Å². The third kappa shape index (κ3) is 4.14. The highest BCUT2D eigenvalue weighted by Gasteiger charge is 2.67. The Labute approximate surface area is 205 Å². The largest absolute Gasteiger partial charge is 0.460 e. The molecular formula is C28H46N2O4. The zero-order valence-corrected chi connectivity index (χ0v) is 22.3. The highest BCUT2D eigenvalue weighted by atomic mass is 16.5. The first kappa shape index (κ1) is 26.9. The molecule has 3 N–H and O–H groups in total. The maximum absolute atomic E-state index is 13.5. The van der Waals surface area contributed by atoms with Gasteiger partial charge in [-0.3, -0.25) is 14.4 Å². The highest BCUT2D eigenvalue weighted by molar-refractivity contribution is 5.86. The summed E-state index contributed by atoms with van der Waals surface area (Å²) in [5.74, 6) is 0.256. The first-order valence-electron chi connectivity index (χ1n) is 13.1. The van der Waals surface area contributed by atoms with Gasteiger partial charge in [-0.15, -0.1) is 6.58 Å². The summed E-state index contributed by atoms with van der Waals surface area (Å²) >= 11 is 0. The van der Waals surface area contributed by atoms with Gasteiger partial charge in [0.2, 0.25) is 5.91 Å². The molecule has 3 aliphatic carbocycles. The molecule has 2 unspecified atom stereocenters. The first-order valence-corrected chi connectivity index (χ1v) is 13.1. The summed E-state index contributed by atoms with van der Waals surface area (Å²) < 4.78 is 6.22. The van der Waals surface area contributed by atoms with Crippen molar-refractivity contribution in [3.8, 4) is 0 Å². The molecule has 0 aliphatic heterocycles. The average molecular weight is 475 g/mol. The fourth-order valence-electron chi connectivity index (χ4n) is 7.60. The van der Waals surface area contributed by atoms with Crippen molar-refractivity contribution in [3.05, 3.63) is 12.7 Å². The van der Waals surface area contributed by atoms with E-state index in [-0.39, 0.29) is 41.0 Å². The standard InChI is InChI=1S/C28H46N2O4/c1-9-26(7)14-21(34-22(32)15-30-25(33)23(29)16(2)3)27(8)17(4)10-12-28(19(6)18(26)5)13-11-20(31)24(27)28/h9,16-19,21,23-24H,1,10-15,29H2,2-8H3,(H,30,33)/t17-,18?,19+,21-,23?,24+,26-,27+,28+/m1/s1. The van der Waals surface area contributed by atoms with E-state index in [1.165, 1.54) is 0 Å². The lowest BCUT2D eigenvalue weighted by Crippen LogP contribution is -2.61. The Bertz CT molecular complexity index is 840. The van der Waals surface area contributed by atoms with Gasteiger partial charge in [-0.25, -0.2) is 0 Å². The van der Waals surface area contributed by atoms with E-state index in [0.29, 0.717) is 30.5 Å². The third-order valence-electron chi connectivity index (χ3n) is 10.6. The lowest BCUT2D eigenvalue weighted by Gasteiger charge is -2.62. The Morgan fingerprint density at radius 3 is 2.44 bits per heavy atom. The van der Waals surface area contributed by atoms with Crippen molar-refractivity contribution in [3.63, 3.8) is 0 Å². The number of carbonyl (C=O) groups is 3. The van der Waals surface area contributed by atoms with Crippen molar-refractivity contribution in [1.82, 2.24) is 5.32 Å². The van der Waals surface area contributed by atoms with Crippen LogP contribution in [0, 0.1) is 45.8 Å². The molecule has 0 saturated heterocycles. The number of ketones is 1. The number of nitrogens with two attached hydrogens (primary N) is 1. The molecule has 1 amide bonds. The molecule has 192 valence electrons. The summed E-state index contributed by atoms with van der Waals surface area (Å²) in [6.07, 6.45) is 5.80. The van der Waals surface area contributed by atoms with Crippen LogP contribution in [0.4, 0.5) is 0 Å². The number of Topliss-reactive ketones (excluding diaryl/α,β-unsaturated/α-hetero) is 1. The lowest BCUT2D eigenvalue weighted by atomic mass is 9.42. The second-order valence-corrected chi connectivity index (χ2v) is 12.4. The third-order valence-corrected chi connectivity index (χ3v) is 10.6. The van der Waals surface area contributed by atoms with Gasteiger partial charge in [0.25, 0.3) is 0 Å². The minimum Gasteiger partial charge on any atom is -0.460 e. The molecule has 3 fully saturated rings. The van der Waals surface area contributed by atoms with Gasteiger partial charge in [-0.1, -0.05) is 54.5 Å². The topological polar surface area (TPSA) is 98.5 Å². The Hall–Kier alpha value is -1.69. The van der Waals surface area contributed by atoms with E-state index in [1.807, 2.05) is 19.9 Å². The highest BCUT2D eigenvalue weighted by Crippen LogP contribution is 2.68. The summed E-state index contributed by atoms with van der Waals surface area (Å²) in [4.78, 5) is 38.8. The second-order valence-electron chi connectivity index (χ2n) is 12.4. The van der Waals surface area contributed by atoms with E-state index < -0.39 is 23.5 Å². The van der Waals surface area contributed by atoms with Gasteiger partial charge in [-0.2, -0.15) is 0 Å². The van der Waals surface area contributed by atoms with E-state index in [4.69, 9.17) is 10.5 Å². The van der Waals surface area contributed by atoms with Crippen LogP contribution in [0.5, 0.6) is 0 Å². The number of amides is 1. The van der Waals surface area contributed by atoms with E-state index in [0.717, 1.165) is 19.3 Å². The Morgan fingerprint density at radius 1 is 1.21 bits per heavy atom. The lowest BCUT2D eigenvalue weighted by molar-refractivity contribution is -0.197. The summed E-state index contributed by atoms with van der Waals surface area (Å²) in [6, 6.07) is -0.673. The second kappa shape index (κ2) is 9.40. The van der Waals surface area contributed by atoms with Gasteiger partial charge in [0.05, 0.1) is 6.04 Å². The molecular weight excluding hydrogens is 428 g/mol. The molecule has 0 aromatic carbocycles. The monoisotopic (exact) mass is 474 g/mol. The molecule has 0 aromatic heterocycles. The first-order chi connectivity index (χ1) is 15.7. The average Bonchev–Trinajstić information content (AvgIpc) is 3.15. The Kier molecular flexibility index (Phi) is 7.44. The van der Waals surface area contributed by atoms with Crippen LogP contribution >= 0.6 is 0 Å².